The summed E-state index contributed by atoms with van der Waals surface area (Å²) >= 11 is 0. The Labute approximate surface area is 196 Å². The van der Waals surface area contributed by atoms with E-state index in [1.807, 2.05) is 49.5 Å². The molecule has 0 bridgehead atoms. The lowest BCUT2D eigenvalue weighted by Gasteiger charge is -2.26. The number of nitrogens with two attached hydrogens (primary N) is 2. The van der Waals surface area contributed by atoms with Crippen LogP contribution in [0.3, 0.4) is 0 Å². The number of nitrogens with zero attached hydrogens (tertiary/aromatic N) is 4. The summed E-state index contributed by atoms with van der Waals surface area (Å²) in [4.78, 5) is 8.85. The third-order valence-electron chi connectivity index (χ3n) is 5.38. The number of fused-ring (bicyclic) bond motifs is 1. The highest BCUT2D eigenvalue weighted by Gasteiger charge is 2.30. The molecule has 1 aliphatic heterocycles. The molecule has 0 fully saturated rings. The van der Waals surface area contributed by atoms with E-state index in [9.17, 15) is 5.26 Å². The number of ether oxygens (including phenoxy) is 2. The zero-order chi connectivity index (χ0) is 24.2. The van der Waals surface area contributed by atoms with E-state index in [2.05, 4.69) is 20.6 Å². The van der Waals surface area contributed by atoms with Gasteiger partial charge in [-0.25, -0.2) is 9.98 Å². The highest BCUT2D eigenvalue weighted by molar-refractivity contribution is 5.98. The van der Waals surface area contributed by atoms with Gasteiger partial charge in [0.05, 0.1) is 12.8 Å². The van der Waals surface area contributed by atoms with Crippen molar-refractivity contribution in [2.45, 2.75) is 19.6 Å². The molecule has 4 rings (SSSR count). The highest BCUT2D eigenvalue weighted by atomic mass is 16.5. The van der Waals surface area contributed by atoms with Gasteiger partial charge in [-0.05, 0) is 30.2 Å². The van der Waals surface area contributed by atoms with Crippen LogP contribution >= 0.6 is 0 Å². The second kappa shape index (κ2) is 9.27. The number of methoxy groups -OCH3 is 1. The Morgan fingerprint density at radius 2 is 1.88 bits per heavy atom. The molecule has 1 atom stereocenters. The number of nitrogens with one attached hydrogen (secondary N) is 2. The van der Waals surface area contributed by atoms with Crippen LogP contribution in [0, 0.1) is 29.7 Å². The number of aromatic nitrogens is 1. The van der Waals surface area contributed by atoms with Crippen molar-refractivity contribution >= 4 is 23.3 Å². The quantitative estimate of drug-likeness (QED) is 0.334. The first kappa shape index (κ1) is 22.2. The Hall–Kier alpha value is -4.96. The van der Waals surface area contributed by atoms with Gasteiger partial charge in [-0.1, -0.05) is 35.9 Å². The van der Waals surface area contributed by atoms with Crippen LogP contribution in [0.5, 0.6) is 11.5 Å². The third-order valence-corrected chi connectivity index (χ3v) is 5.38. The van der Waals surface area contributed by atoms with E-state index in [-0.39, 0.29) is 23.0 Å². The normalized spacial score (nSPS) is 14.0. The van der Waals surface area contributed by atoms with Crippen molar-refractivity contribution < 1.29 is 9.47 Å². The number of benzene rings is 2. The summed E-state index contributed by atoms with van der Waals surface area (Å²) in [6.07, 6.45) is 1.83. The maximum atomic E-state index is 9.50. The Kier molecular flexibility index (Phi) is 6.06. The first-order valence-corrected chi connectivity index (χ1v) is 10.3. The van der Waals surface area contributed by atoms with Crippen LogP contribution in [0.25, 0.3) is 0 Å². The zero-order valence-electron chi connectivity index (χ0n) is 18.6. The van der Waals surface area contributed by atoms with Crippen molar-refractivity contribution in [1.29, 1.82) is 10.5 Å². The molecule has 1 aliphatic rings. The number of nitrogen functional groups attached to an aromatic ring is 2. The molecule has 0 radical (unpaired) electrons. The van der Waals surface area contributed by atoms with Crippen molar-refractivity contribution in [3.8, 4) is 23.8 Å². The summed E-state index contributed by atoms with van der Waals surface area (Å²) in [5, 5.41) is 24.0. The fourth-order valence-corrected chi connectivity index (χ4v) is 3.64. The molecule has 10 heteroatoms. The monoisotopic (exact) mass is 454 g/mol. The number of hydrogen-bond donors (Lipinski definition) is 4. The zero-order valence-corrected chi connectivity index (χ0v) is 18.6. The van der Waals surface area contributed by atoms with Crippen LogP contribution in [-0.4, -0.2) is 18.1 Å². The first-order valence-electron chi connectivity index (χ1n) is 10.3. The summed E-state index contributed by atoms with van der Waals surface area (Å²) in [6, 6.07) is 14.7. The lowest BCUT2D eigenvalue weighted by atomic mass is 9.95. The summed E-state index contributed by atoms with van der Waals surface area (Å²) in [6.45, 7) is 2.36. The number of pyridine rings is 1. The molecule has 0 amide bonds. The van der Waals surface area contributed by atoms with Gasteiger partial charge in [0, 0.05) is 5.56 Å². The largest absolute Gasteiger partial charge is 0.493 e. The van der Waals surface area contributed by atoms with Crippen molar-refractivity contribution in [3.05, 3.63) is 70.3 Å². The van der Waals surface area contributed by atoms with Gasteiger partial charge in [0.25, 0.3) is 0 Å². The summed E-state index contributed by atoms with van der Waals surface area (Å²) < 4.78 is 11.5. The van der Waals surface area contributed by atoms with Crippen LogP contribution in [-0.2, 0) is 6.61 Å². The fraction of sp³-hybridized carbons (Fsp3) is 0.167. The minimum atomic E-state index is -0.681. The average Bonchev–Trinajstić information content (AvgIpc) is 2.83. The molecular weight excluding hydrogens is 432 g/mol. The van der Waals surface area contributed by atoms with Gasteiger partial charge in [0.2, 0.25) is 5.96 Å². The van der Waals surface area contributed by atoms with Gasteiger partial charge in [-0.2, -0.15) is 10.5 Å². The second-order valence-electron chi connectivity index (χ2n) is 7.59. The number of nitriles is 2. The van der Waals surface area contributed by atoms with E-state index >= 15 is 0 Å². The molecule has 0 spiro atoms. The molecule has 34 heavy (non-hydrogen) atoms. The SMILES string of the molecule is COc1ccc(C2N=C(NC#N)Nc3nc(N)c(C#N)c(N)c32)cc1OCc1ccc(C)cc1. The fourth-order valence-electron chi connectivity index (χ4n) is 3.64. The lowest BCUT2D eigenvalue weighted by molar-refractivity contribution is 0.284. The van der Waals surface area contributed by atoms with Crippen molar-refractivity contribution in [3.63, 3.8) is 0 Å². The smallest absolute Gasteiger partial charge is 0.211 e. The molecule has 0 aliphatic carbocycles. The summed E-state index contributed by atoms with van der Waals surface area (Å²) in [7, 11) is 1.56. The molecule has 6 N–H and O–H groups in total. The summed E-state index contributed by atoms with van der Waals surface area (Å²) in [5.41, 5.74) is 15.8. The first-order chi connectivity index (χ1) is 16.4. The number of guanidine groups is 1. The van der Waals surface area contributed by atoms with E-state index in [4.69, 9.17) is 26.2 Å². The maximum absolute atomic E-state index is 9.50. The van der Waals surface area contributed by atoms with Crippen LogP contribution in [0.1, 0.15) is 33.9 Å². The Bertz CT molecular complexity index is 1350. The van der Waals surface area contributed by atoms with Crippen molar-refractivity contribution in [1.82, 2.24) is 10.3 Å². The number of aryl methyl sites for hydroxylation is 1. The number of rotatable bonds is 5. The maximum Gasteiger partial charge on any atom is 0.211 e. The van der Waals surface area contributed by atoms with Gasteiger partial charge in [0.1, 0.15) is 35.9 Å². The standard InChI is InChI=1S/C24H22N8O2/c1-13-3-5-14(6-4-13)11-34-18-9-15(7-8-17(18)33-2)21-19-20(27)16(10-25)22(28)31-23(19)32-24(30-21)29-12-26/h3-9,21H,11H2,1-2H3,(H6,27,28,29,30,31,32). The predicted octanol–water partition coefficient (Wildman–Crippen LogP) is 2.96. The Balaban J connectivity index is 1.77. The predicted molar refractivity (Wildman–Crippen MR) is 128 cm³/mol. The molecule has 1 aromatic heterocycles. The van der Waals surface area contributed by atoms with Gasteiger partial charge < -0.3 is 26.3 Å². The molecule has 0 saturated heterocycles. The van der Waals surface area contributed by atoms with Gasteiger partial charge in [-0.15, -0.1) is 0 Å². The van der Waals surface area contributed by atoms with Crippen LogP contribution in [0.2, 0.25) is 0 Å². The van der Waals surface area contributed by atoms with E-state index in [0.29, 0.717) is 35.1 Å². The second-order valence-corrected chi connectivity index (χ2v) is 7.59. The molecule has 2 heterocycles. The number of anilines is 3. The summed E-state index contributed by atoms with van der Waals surface area (Å²) in [5.74, 6) is 1.53. The minimum absolute atomic E-state index is 0.0138. The van der Waals surface area contributed by atoms with Crippen molar-refractivity contribution in [2.24, 2.45) is 4.99 Å². The molecule has 1 unspecified atom stereocenters. The Morgan fingerprint density at radius 3 is 2.56 bits per heavy atom. The number of hydrogen-bond acceptors (Lipinski definition) is 10. The molecule has 10 nitrogen and oxygen atoms in total. The molecule has 3 aromatic rings. The topological polar surface area (TPSA) is 167 Å². The van der Waals surface area contributed by atoms with E-state index in [1.54, 1.807) is 19.2 Å². The van der Waals surface area contributed by atoms with Gasteiger partial charge in [0.15, 0.2) is 17.7 Å². The lowest BCUT2D eigenvalue weighted by Crippen LogP contribution is -2.32. The molecular formula is C24H22N8O2. The molecule has 0 saturated carbocycles. The third kappa shape index (κ3) is 4.20. The van der Waals surface area contributed by atoms with Crippen LogP contribution < -0.4 is 31.6 Å². The van der Waals surface area contributed by atoms with E-state index in [0.717, 1.165) is 11.1 Å². The van der Waals surface area contributed by atoms with Crippen molar-refractivity contribution in [2.75, 3.05) is 23.9 Å². The van der Waals surface area contributed by atoms with E-state index in [1.165, 1.54) is 0 Å². The van der Waals surface area contributed by atoms with Crippen LogP contribution in [0.15, 0.2) is 47.5 Å². The highest BCUT2D eigenvalue weighted by Crippen LogP contribution is 2.42. The number of aliphatic imine (C=N–C) groups is 1. The van der Waals surface area contributed by atoms with Gasteiger partial charge in [-0.3, -0.25) is 5.32 Å². The minimum Gasteiger partial charge on any atom is -0.493 e. The molecule has 2 aromatic carbocycles. The average molecular weight is 454 g/mol. The van der Waals surface area contributed by atoms with Crippen LogP contribution in [0.4, 0.5) is 17.3 Å². The molecule has 170 valence electrons. The Morgan fingerprint density at radius 1 is 1.12 bits per heavy atom. The van der Waals surface area contributed by atoms with Gasteiger partial charge >= 0.3 is 0 Å². The van der Waals surface area contributed by atoms with E-state index < -0.39 is 6.04 Å².